The summed E-state index contributed by atoms with van der Waals surface area (Å²) in [5.74, 6) is -0.930. The van der Waals surface area contributed by atoms with E-state index in [1.54, 1.807) is 12.1 Å². The number of nitriles is 1. The number of ether oxygens (including phenoxy) is 1. The molecule has 1 aliphatic carbocycles. The molecule has 1 fully saturated rings. The highest BCUT2D eigenvalue weighted by molar-refractivity contribution is 8.03. The molecule has 0 N–H and O–H groups in total. The number of hydrogen-bond acceptors (Lipinski definition) is 6. The third kappa shape index (κ3) is 3.49. The number of benzene rings is 2. The Morgan fingerprint density at radius 3 is 2.50 bits per heavy atom. The number of para-hydroxylation sites is 1. The molecular weight excluding hydrogens is 420 g/mol. The molecule has 1 saturated carbocycles. The largest absolute Gasteiger partial charge is 0.457 e. The van der Waals surface area contributed by atoms with E-state index in [4.69, 9.17) is 16.3 Å². The average Bonchev–Trinajstić information content (AvgIpc) is 3.04. The highest BCUT2D eigenvalue weighted by atomic mass is 35.5. The first-order valence-electron chi connectivity index (χ1n) is 9.58. The van der Waals surface area contributed by atoms with Crippen molar-refractivity contribution in [1.29, 1.82) is 5.26 Å². The van der Waals surface area contributed by atoms with Gasteiger partial charge < -0.3 is 9.64 Å². The van der Waals surface area contributed by atoms with Gasteiger partial charge in [-0.25, -0.2) is 0 Å². The molecule has 0 radical (unpaired) electrons. The second-order valence-electron chi connectivity index (χ2n) is 7.36. The Bertz CT molecular complexity index is 1080. The number of carbonyl (C=O) groups is 2. The second kappa shape index (κ2) is 8.17. The van der Waals surface area contributed by atoms with Crippen molar-refractivity contribution in [1.82, 2.24) is 0 Å². The van der Waals surface area contributed by atoms with Crippen molar-refractivity contribution in [3.63, 3.8) is 0 Å². The highest BCUT2D eigenvalue weighted by Gasteiger charge is 2.47. The molecule has 0 atom stereocenters. The maximum absolute atomic E-state index is 12.9. The average molecular weight is 439 g/mol. The lowest BCUT2D eigenvalue weighted by Gasteiger charge is -2.39. The van der Waals surface area contributed by atoms with Crippen LogP contribution in [0.1, 0.15) is 24.8 Å². The normalized spacial score (nSPS) is 18.1. The Kier molecular flexibility index (Phi) is 5.59. The van der Waals surface area contributed by atoms with E-state index >= 15 is 0 Å². The lowest BCUT2D eigenvalue weighted by Crippen LogP contribution is -2.44. The van der Waals surface area contributed by atoms with Crippen LogP contribution in [0.25, 0.3) is 0 Å². The van der Waals surface area contributed by atoms with Gasteiger partial charge in [-0.1, -0.05) is 54.0 Å². The third-order valence-corrected chi connectivity index (χ3v) is 7.16. The smallest absolute Gasteiger partial charge is 0.317 e. The molecule has 152 valence electrons. The Morgan fingerprint density at radius 2 is 1.90 bits per heavy atom. The fourth-order valence-corrected chi connectivity index (χ4v) is 5.09. The zero-order chi connectivity index (χ0) is 21.3. The van der Waals surface area contributed by atoms with Crippen LogP contribution in [-0.4, -0.2) is 25.4 Å². The maximum atomic E-state index is 12.9. The van der Waals surface area contributed by atoms with Crippen molar-refractivity contribution < 1.29 is 14.3 Å². The summed E-state index contributed by atoms with van der Waals surface area (Å²) in [6, 6.07) is 16.8. The van der Waals surface area contributed by atoms with Crippen LogP contribution in [0.4, 0.5) is 5.69 Å². The number of hydrogen-bond donors (Lipinski definition) is 0. The molecule has 2 aromatic carbocycles. The zero-order valence-corrected chi connectivity index (χ0v) is 17.9. The van der Waals surface area contributed by atoms with Crippen LogP contribution in [0.15, 0.2) is 64.0 Å². The van der Waals surface area contributed by atoms with E-state index in [-0.39, 0.29) is 5.57 Å². The number of nitrogens with zero attached hydrogens (tertiary/aromatic N) is 2. The molecule has 0 saturated heterocycles. The summed E-state index contributed by atoms with van der Waals surface area (Å²) in [7, 11) is 1.81. The number of Topliss-reactive ketones (excluding diaryl/α,β-unsaturated/α-hetero) is 1. The maximum Gasteiger partial charge on any atom is 0.317 e. The van der Waals surface area contributed by atoms with Crippen molar-refractivity contribution in [2.24, 2.45) is 0 Å². The van der Waals surface area contributed by atoms with Crippen LogP contribution in [0.5, 0.6) is 0 Å². The summed E-state index contributed by atoms with van der Waals surface area (Å²) in [6.45, 7) is -0.453. The highest BCUT2D eigenvalue weighted by Crippen LogP contribution is 2.47. The molecular formula is C23H19ClN2O3S. The van der Waals surface area contributed by atoms with E-state index in [9.17, 15) is 14.9 Å². The van der Waals surface area contributed by atoms with Gasteiger partial charge in [0, 0.05) is 17.0 Å². The van der Waals surface area contributed by atoms with E-state index in [1.165, 1.54) is 11.8 Å². The van der Waals surface area contributed by atoms with Crippen LogP contribution in [0.2, 0.25) is 5.02 Å². The van der Waals surface area contributed by atoms with Gasteiger partial charge in [0.15, 0.2) is 6.61 Å². The van der Waals surface area contributed by atoms with Crippen LogP contribution in [0.3, 0.4) is 0 Å². The zero-order valence-electron chi connectivity index (χ0n) is 16.4. The van der Waals surface area contributed by atoms with Crippen LogP contribution >= 0.6 is 23.4 Å². The summed E-state index contributed by atoms with van der Waals surface area (Å²) >= 11 is 7.33. The molecule has 0 aromatic heterocycles. The van der Waals surface area contributed by atoms with Crippen molar-refractivity contribution in [2.75, 3.05) is 18.6 Å². The standard InChI is InChI=1S/C23H19ClN2O3S/c1-26-18-5-2-3-6-20(18)30-21(26)17(13-25)19(27)14-29-22(28)23(11-4-12-23)15-7-9-16(24)10-8-15/h2-3,5-10H,4,11-12,14H2,1H3/b21-17-. The molecule has 0 amide bonds. The number of ketones is 1. The molecule has 4 rings (SSSR count). The fraction of sp³-hybridized carbons (Fsp3) is 0.261. The molecule has 7 heteroatoms. The molecule has 1 aliphatic heterocycles. The monoisotopic (exact) mass is 438 g/mol. The van der Waals surface area contributed by atoms with Gasteiger partial charge in [-0.2, -0.15) is 5.26 Å². The van der Waals surface area contributed by atoms with Crippen molar-refractivity contribution in [3.05, 3.63) is 69.7 Å². The Morgan fingerprint density at radius 1 is 1.20 bits per heavy atom. The van der Waals surface area contributed by atoms with Crippen LogP contribution in [0, 0.1) is 11.3 Å². The van der Waals surface area contributed by atoms with E-state index < -0.39 is 23.8 Å². The van der Waals surface area contributed by atoms with Crippen molar-refractivity contribution in [3.8, 4) is 6.07 Å². The van der Waals surface area contributed by atoms with Gasteiger partial charge >= 0.3 is 5.97 Å². The van der Waals surface area contributed by atoms with E-state index in [1.807, 2.05) is 54.4 Å². The third-order valence-electron chi connectivity index (χ3n) is 5.67. The first-order valence-corrected chi connectivity index (χ1v) is 10.8. The molecule has 5 nitrogen and oxygen atoms in total. The van der Waals surface area contributed by atoms with Gasteiger partial charge in [-0.3, -0.25) is 9.59 Å². The molecule has 2 aromatic rings. The van der Waals surface area contributed by atoms with Gasteiger partial charge in [0.1, 0.15) is 16.7 Å². The summed E-state index contributed by atoms with van der Waals surface area (Å²) in [5, 5.41) is 10.8. The fourth-order valence-electron chi connectivity index (χ4n) is 3.80. The Balaban J connectivity index is 1.49. The molecule has 30 heavy (non-hydrogen) atoms. The minimum Gasteiger partial charge on any atom is -0.457 e. The summed E-state index contributed by atoms with van der Waals surface area (Å²) < 4.78 is 5.42. The van der Waals surface area contributed by atoms with Gasteiger partial charge in [-0.15, -0.1) is 0 Å². The SMILES string of the molecule is CN1/C(=C(\C#N)C(=O)COC(=O)C2(c3ccc(Cl)cc3)CCC2)Sc2ccccc21. The number of fused-ring (bicyclic) bond motifs is 1. The molecule has 0 bridgehead atoms. The van der Waals surface area contributed by atoms with Gasteiger partial charge in [-0.05, 0) is 42.7 Å². The number of thioether (sulfide) groups is 1. The molecule has 0 unspecified atom stereocenters. The predicted octanol–water partition coefficient (Wildman–Crippen LogP) is 4.85. The minimum atomic E-state index is -0.736. The van der Waals surface area contributed by atoms with Gasteiger partial charge in [0.2, 0.25) is 5.78 Å². The summed E-state index contributed by atoms with van der Waals surface area (Å²) in [5.41, 5.74) is 1.04. The number of esters is 1. The summed E-state index contributed by atoms with van der Waals surface area (Å²) in [4.78, 5) is 28.4. The van der Waals surface area contributed by atoms with Crippen molar-refractivity contribution in [2.45, 2.75) is 29.6 Å². The molecule has 0 spiro atoms. The quantitative estimate of drug-likeness (QED) is 0.377. The number of rotatable bonds is 5. The van der Waals surface area contributed by atoms with Crippen molar-refractivity contribution >= 4 is 40.8 Å². The van der Waals surface area contributed by atoms with E-state index in [0.29, 0.717) is 22.9 Å². The molecule has 2 aliphatic rings. The predicted molar refractivity (Wildman–Crippen MR) is 116 cm³/mol. The van der Waals surface area contributed by atoms with E-state index in [0.717, 1.165) is 22.6 Å². The topological polar surface area (TPSA) is 70.4 Å². The Hall–Kier alpha value is -2.75. The minimum absolute atomic E-state index is 0.000604. The number of carbonyl (C=O) groups excluding carboxylic acids is 2. The second-order valence-corrected chi connectivity index (χ2v) is 8.83. The molecule has 1 heterocycles. The number of anilines is 1. The Labute approximate surface area is 184 Å². The lowest BCUT2D eigenvalue weighted by atomic mass is 9.64. The van der Waals surface area contributed by atoms with E-state index in [2.05, 4.69) is 0 Å². The lowest BCUT2D eigenvalue weighted by molar-refractivity contribution is -0.156. The van der Waals surface area contributed by atoms with Crippen LogP contribution in [-0.2, 0) is 19.7 Å². The first-order chi connectivity index (χ1) is 14.5. The summed E-state index contributed by atoms with van der Waals surface area (Å²) in [6.07, 6.45) is 2.25. The van der Waals surface area contributed by atoms with Gasteiger partial charge in [0.05, 0.1) is 11.1 Å². The number of halogens is 1. The van der Waals surface area contributed by atoms with Crippen LogP contribution < -0.4 is 4.90 Å². The first kappa shape index (κ1) is 20.5. The van der Waals surface area contributed by atoms with Gasteiger partial charge in [0.25, 0.3) is 0 Å².